The lowest BCUT2D eigenvalue weighted by Gasteiger charge is -1.95. The van der Waals surface area contributed by atoms with Crippen LogP contribution in [0.5, 0.6) is 0 Å². The van der Waals surface area contributed by atoms with Crippen LogP contribution in [0.1, 0.15) is 11.3 Å². The molecule has 0 unspecified atom stereocenters. The summed E-state index contributed by atoms with van der Waals surface area (Å²) >= 11 is 0. The van der Waals surface area contributed by atoms with Gasteiger partial charge in [-0.1, -0.05) is 0 Å². The van der Waals surface area contributed by atoms with E-state index in [2.05, 4.69) is 9.98 Å². The smallest absolute Gasteiger partial charge is 0.0694 e. The third-order valence-electron chi connectivity index (χ3n) is 1.64. The average molecular weight is 132 g/mol. The van der Waals surface area contributed by atoms with Crippen molar-refractivity contribution in [1.29, 1.82) is 0 Å². The predicted octanol–water partition coefficient (Wildman–Crippen LogP) is 1.65. The van der Waals surface area contributed by atoms with E-state index < -0.39 is 0 Å². The molecule has 1 aliphatic rings. The topological polar surface area (TPSA) is 25.2 Å². The molecule has 2 rings (SSSR count). The molecular formula is C8H8N2. The van der Waals surface area contributed by atoms with Crippen LogP contribution in [0.25, 0.3) is 0 Å². The second-order valence-electron chi connectivity index (χ2n) is 2.47. The van der Waals surface area contributed by atoms with Crippen molar-refractivity contribution in [3.05, 3.63) is 23.5 Å². The molecule has 1 aliphatic heterocycles. The second kappa shape index (κ2) is 1.90. The first kappa shape index (κ1) is 5.59. The third kappa shape index (κ3) is 0.727. The van der Waals surface area contributed by atoms with E-state index in [4.69, 9.17) is 0 Å². The monoisotopic (exact) mass is 132 g/mol. The molecule has 0 radical (unpaired) electrons. The SMILES string of the molecule is Cc1cc2c(cn1)CC=N2. The molecule has 2 heterocycles. The van der Waals surface area contributed by atoms with E-state index >= 15 is 0 Å². The number of fused-ring (bicyclic) bond motifs is 1. The zero-order chi connectivity index (χ0) is 6.97. The largest absolute Gasteiger partial charge is 0.261 e. The molecule has 10 heavy (non-hydrogen) atoms. The van der Waals surface area contributed by atoms with Gasteiger partial charge in [0.1, 0.15) is 0 Å². The van der Waals surface area contributed by atoms with Gasteiger partial charge >= 0.3 is 0 Å². The molecule has 0 aliphatic carbocycles. The van der Waals surface area contributed by atoms with Gasteiger partial charge < -0.3 is 0 Å². The van der Waals surface area contributed by atoms with Crippen molar-refractivity contribution in [2.75, 3.05) is 0 Å². The van der Waals surface area contributed by atoms with Crippen LogP contribution in [0.15, 0.2) is 17.3 Å². The highest BCUT2D eigenvalue weighted by atomic mass is 14.8. The fraction of sp³-hybridized carbons (Fsp3) is 0.250. The van der Waals surface area contributed by atoms with Gasteiger partial charge in [-0.15, -0.1) is 0 Å². The van der Waals surface area contributed by atoms with Crippen LogP contribution in [0, 0.1) is 6.92 Å². The summed E-state index contributed by atoms with van der Waals surface area (Å²) in [5.74, 6) is 0. The summed E-state index contributed by atoms with van der Waals surface area (Å²) in [6.45, 7) is 1.98. The standard InChI is InChI=1S/C8H8N2/c1-6-4-8-7(5-10-6)2-3-9-8/h3-5H,2H2,1H3. The number of hydrogen-bond acceptors (Lipinski definition) is 2. The molecule has 2 heteroatoms. The van der Waals surface area contributed by atoms with Crippen molar-refractivity contribution in [3.8, 4) is 0 Å². The molecule has 1 aromatic heterocycles. The lowest BCUT2D eigenvalue weighted by atomic mass is 10.2. The first-order valence-corrected chi connectivity index (χ1v) is 3.34. The lowest BCUT2D eigenvalue weighted by Crippen LogP contribution is -1.83. The summed E-state index contributed by atoms with van der Waals surface area (Å²) < 4.78 is 0. The van der Waals surface area contributed by atoms with Gasteiger partial charge in [0.25, 0.3) is 0 Å². The quantitative estimate of drug-likeness (QED) is 0.527. The fourth-order valence-electron chi connectivity index (χ4n) is 1.09. The number of hydrogen-bond donors (Lipinski definition) is 0. The molecule has 0 atom stereocenters. The van der Waals surface area contributed by atoms with E-state index in [0.717, 1.165) is 17.8 Å². The maximum atomic E-state index is 4.20. The minimum absolute atomic E-state index is 0.947. The Morgan fingerprint density at radius 2 is 2.40 bits per heavy atom. The molecule has 0 saturated carbocycles. The molecule has 0 aromatic carbocycles. The minimum atomic E-state index is 0.947. The van der Waals surface area contributed by atoms with Gasteiger partial charge in [0, 0.05) is 30.1 Å². The molecule has 1 aromatic rings. The molecule has 0 N–H and O–H groups in total. The van der Waals surface area contributed by atoms with E-state index in [9.17, 15) is 0 Å². The lowest BCUT2D eigenvalue weighted by molar-refractivity contribution is 1.17. The summed E-state index contributed by atoms with van der Waals surface area (Å²) in [4.78, 5) is 8.37. The normalized spacial score (nSPS) is 13.7. The van der Waals surface area contributed by atoms with Crippen molar-refractivity contribution in [3.63, 3.8) is 0 Å². The van der Waals surface area contributed by atoms with Crippen LogP contribution in [0.4, 0.5) is 5.69 Å². The van der Waals surface area contributed by atoms with Gasteiger partial charge in [0.2, 0.25) is 0 Å². The van der Waals surface area contributed by atoms with Gasteiger partial charge in [0.05, 0.1) is 5.69 Å². The van der Waals surface area contributed by atoms with Gasteiger partial charge in [-0.25, -0.2) is 0 Å². The highest BCUT2D eigenvalue weighted by Gasteiger charge is 2.05. The number of aliphatic imine (C=N–C) groups is 1. The molecule has 0 saturated heterocycles. The minimum Gasteiger partial charge on any atom is -0.261 e. The Morgan fingerprint density at radius 1 is 1.50 bits per heavy atom. The van der Waals surface area contributed by atoms with E-state index in [0.29, 0.717) is 0 Å². The van der Waals surface area contributed by atoms with Crippen LogP contribution >= 0.6 is 0 Å². The zero-order valence-electron chi connectivity index (χ0n) is 5.83. The molecule has 0 spiro atoms. The summed E-state index contributed by atoms with van der Waals surface area (Å²) in [6, 6.07) is 2.01. The van der Waals surface area contributed by atoms with Gasteiger partial charge in [-0.05, 0) is 13.0 Å². The van der Waals surface area contributed by atoms with E-state index in [-0.39, 0.29) is 0 Å². The van der Waals surface area contributed by atoms with Crippen molar-refractivity contribution >= 4 is 11.9 Å². The zero-order valence-corrected chi connectivity index (χ0v) is 5.83. The molecule has 2 nitrogen and oxygen atoms in total. The van der Waals surface area contributed by atoms with Crippen molar-refractivity contribution < 1.29 is 0 Å². The fourth-order valence-corrected chi connectivity index (χ4v) is 1.09. The summed E-state index contributed by atoms with van der Waals surface area (Å²) in [5.41, 5.74) is 3.37. The van der Waals surface area contributed by atoms with Crippen LogP contribution in [0.2, 0.25) is 0 Å². The van der Waals surface area contributed by atoms with E-state index in [1.165, 1.54) is 5.56 Å². The van der Waals surface area contributed by atoms with Crippen LogP contribution in [0.3, 0.4) is 0 Å². The molecule has 50 valence electrons. The van der Waals surface area contributed by atoms with Crippen molar-refractivity contribution in [2.24, 2.45) is 4.99 Å². The molecule has 0 bridgehead atoms. The number of rotatable bonds is 0. The second-order valence-corrected chi connectivity index (χ2v) is 2.47. The number of nitrogens with zero attached hydrogens (tertiary/aromatic N) is 2. The predicted molar refractivity (Wildman–Crippen MR) is 40.8 cm³/mol. The molecule has 0 fully saturated rings. The summed E-state index contributed by atoms with van der Waals surface area (Å²) in [7, 11) is 0. The van der Waals surface area contributed by atoms with Crippen LogP contribution in [-0.4, -0.2) is 11.2 Å². The Balaban J connectivity index is 2.60. The van der Waals surface area contributed by atoms with E-state index in [1.807, 2.05) is 25.4 Å². The van der Waals surface area contributed by atoms with E-state index in [1.54, 1.807) is 0 Å². The van der Waals surface area contributed by atoms with Crippen molar-refractivity contribution in [2.45, 2.75) is 13.3 Å². The highest BCUT2D eigenvalue weighted by Crippen LogP contribution is 2.22. The maximum Gasteiger partial charge on any atom is 0.0694 e. The number of pyridine rings is 1. The summed E-state index contributed by atoms with van der Waals surface area (Å²) in [5, 5.41) is 0. The molecule has 0 amide bonds. The summed E-state index contributed by atoms with van der Waals surface area (Å²) in [6.07, 6.45) is 4.77. The maximum absolute atomic E-state index is 4.20. The van der Waals surface area contributed by atoms with Gasteiger partial charge in [-0.2, -0.15) is 0 Å². The number of aryl methyl sites for hydroxylation is 1. The van der Waals surface area contributed by atoms with Gasteiger partial charge in [-0.3, -0.25) is 9.98 Å². The van der Waals surface area contributed by atoms with Crippen molar-refractivity contribution in [1.82, 2.24) is 4.98 Å². The van der Waals surface area contributed by atoms with Crippen LogP contribution in [-0.2, 0) is 6.42 Å². The Bertz CT molecular complexity index is 289. The first-order chi connectivity index (χ1) is 4.86. The Labute approximate surface area is 59.6 Å². The Morgan fingerprint density at radius 3 is 3.30 bits per heavy atom. The first-order valence-electron chi connectivity index (χ1n) is 3.34. The van der Waals surface area contributed by atoms with Gasteiger partial charge in [0.15, 0.2) is 0 Å². The molecular weight excluding hydrogens is 124 g/mol. The Hall–Kier alpha value is -1.18. The average Bonchev–Trinajstić information content (AvgIpc) is 2.33. The van der Waals surface area contributed by atoms with Crippen LogP contribution < -0.4 is 0 Å². The Kier molecular flexibility index (Phi) is 1.07. The highest BCUT2D eigenvalue weighted by molar-refractivity contribution is 5.75. The number of aromatic nitrogens is 1. The third-order valence-corrected chi connectivity index (χ3v) is 1.64.